The van der Waals surface area contributed by atoms with E-state index in [1.807, 2.05) is 0 Å². The van der Waals surface area contributed by atoms with Gasteiger partial charge in [0.1, 0.15) is 0 Å². The Kier molecular flexibility index (Phi) is 2.24. The SMILES string of the molecule is CCc1ccc2c(c1)C1(CCC2)CC2C=CC1C2. The van der Waals surface area contributed by atoms with Crippen LogP contribution in [0, 0.1) is 11.8 Å². The maximum atomic E-state index is 2.54. The molecule has 0 amide bonds. The molecule has 0 N–H and O–H groups in total. The predicted octanol–water partition coefficient (Wildman–Crippen LogP) is 4.42. The monoisotopic (exact) mass is 238 g/mol. The molecule has 94 valence electrons. The highest BCUT2D eigenvalue weighted by molar-refractivity contribution is 5.44. The molecule has 3 aliphatic carbocycles. The fourth-order valence-corrected chi connectivity index (χ4v) is 4.81. The minimum Gasteiger partial charge on any atom is -0.0851 e. The Bertz CT molecular complexity index is 511. The lowest BCUT2D eigenvalue weighted by Gasteiger charge is -2.41. The topological polar surface area (TPSA) is 0 Å². The number of allylic oxidation sites excluding steroid dienone is 2. The van der Waals surface area contributed by atoms with E-state index in [0.29, 0.717) is 5.41 Å². The van der Waals surface area contributed by atoms with E-state index in [4.69, 9.17) is 0 Å². The Labute approximate surface area is 110 Å². The zero-order valence-electron chi connectivity index (χ0n) is 11.3. The van der Waals surface area contributed by atoms with Gasteiger partial charge in [-0.25, -0.2) is 0 Å². The second-order valence-electron chi connectivity index (χ2n) is 6.55. The number of rotatable bonds is 1. The first kappa shape index (κ1) is 10.8. The molecule has 3 aliphatic rings. The Morgan fingerprint density at radius 2 is 2.22 bits per heavy atom. The van der Waals surface area contributed by atoms with Gasteiger partial charge in [0.2, 0.25) is 0 Å². The lowest BCUT2D eigenvalue weighted by atomic mass is 9.63. The van der Waals surface area contributed by atoms with Crippen molar-refractivity contribution in [2.75, 3.05) is 0 Å². The molecule has 3 unspecified atom stereocenters. The van der Waals surface area contributed by atoms with Crippen molar-refractivity contribution in [2.24, 2.45) is 11.8 Å². The van der Waals surface area contributed by atoms with Crippen molar-refractivity contribution in [2.45, 2.75) is 50.9 Å². The summed E-state index contributed by atoms with van der Waals surface area (Å²) in [4.78, 5) is 0. The van der Waals surface area contributed by atoms with E-state index in [2.05, 4.69) is 37.3 Å². The summed E-state index contributed by atoms with van der Waals surface area (Å²) in [5, 5.41) is 0. The lowest BCUT2D eigenvalue weighted by Crippen LogP contribution is -2.35. The molecule has 3 atom stereocenters. The van der Waals surface area contributed by atoms with Crippen LogP contribution < -0.4 is 0 Å². The molecule has 1 aromatic carbocycles. The third kappa shape index (κ3) is 1.32. The predicted molar refractivity (Wildman–Crippen MR) is 75.8 cm³/mol. The van der Waals surface area contributed by atoms with Gasteiger partial charge < -0.3 is 0 Å². The minimum atomic E-state index is 0.526. The van der Waals surface area contributed by atoms with Gasteiger partial charge in [0, 0.05) is 5.41 Å². The van der Waals surface area contributed by atoms with E-state index in [-0.39, 0.29) is 0 Å². The van der Waals surface area contributed by atoms with Crippen LogP contribution in [0.4, 0.5) is 0 Å². The largest absolute Gasteiger partial charge is 0.0851 e. The second-order valence-corrected chi connectivity index (χ2v) is 6.55. The summed E-state index contributed by atoms with van der Waals surface area (Å²) in [6, 6.07) is 7.31. The molecule has 0 heteroatoms. The van der Waals surface area contributed by atoms with Crippen LogP contribution in [-0.2, 0) is 18.3 Å². The van der Waals surface area contributed by atoms with Crippen LogP contribution in [0.3, 0.4) is 0 Å². The molecule has 1 aromatic rings. The van der Waals surface area contributed by atoms with Crippen molar-refractivity contribution in [1.29, 1.82) is 0 Å². The molecule has 1 saturated carbocycles. The fraction of sp³-hybridized carbons (Fsp3) is 0.556. The standard InChI is InChI=1S/C18H22/c1-2-13-5-7-15-4-3-9-18(17(15)11-13)12-14-6-8-16(18)10-14/h5-8,11,14,16H,2-4,9-10,12H2,1H3. The van der Waals surface area contributed by atoms with Crippen LogP contribution in [0.2, 0.25) is 0 Å². The summed E-state index contributed by atoms with van der Waals surface area (Å²) in [7, 11) is 0. The molecular formula is C18H22. The zero-order chi connectivity index (χ0) is 12.2. The van der Waals surface area contributed by atoms with Gasteiger partial charge in [0.25, 0.3) is 0 Å². The van der Waals surface area contributed by atoms with Crippen LogP contribution in [-0.4, -0.2) is 0 Å². The molecule has 1 spiro atoms. The van der Waals surface area contributed by atoms with Crippen molar-refractivity contribution in [1.82, 2.24) is 0 Å². The van der Waals surface area contributed by atoms with Gasteiger partial charge in [-0.15, -0.1) is 0 Å². The van der Waals surface area contributed by atoms with Gasteiger partial charge in [-0.2, -0.15) is 0 Å². The smallest absolute Gasteiger partial charge is 0.00244 e. The molecule has 0 radical (unpaired) electrons. The normalized spacial score (nSPS) is 36.3. The number of hydrogen-bond acceptors (Lipinski definition) is 0. The minimum absolute atomic E-state index is 0.526. The summed E-state index contributed by atoms with van der Waals surface area (Å²) in [6.45, 7) is 2.28. The number of hydrogen-bond donors (Lipinski definition) is 0. The molecule has 1 fully saturated rings. The molecule has 0 saturated heterocycles. The van der Waals surface area contributed by atoms with Crippen molar-refractivity contribution in [3.8, 4) is 0 Å². The highest BCUT2D eigenvalue weighted by atomic mass is 14.5. The first-order valence-corrected chi connectivity index (χ1v) is 7.62. The van der Waals surface area contributed by atoms with E-state index in [1.54, 1.807) is 11.1 Å². The van der Waals surface area contributed by atoms with Gasteiger partial charge in [0.05, 0.1) is 0 Å². The first-order valence-electron chi connectivity index (χ1n) is 7.62. The van der Waals surface area contributed by atoms with Gasteiger partial charge in [-0.1, -0.05) is 37.3 Å². The molecule has 18 heavy (non-hydrogen) atoms. The molecule has 2 bridgehead atoms. The summed E-state index contributed by atoms with van der Waals surface area (Å²) < 4.78 is 0. The van der Waals surface area contributed by atoms with Crippen molar-refractivity contribution in [3.63, 3.8) is 0 Å². The molecular weight excluding hydrogens is 216 g/mol. The highest BCUT2D eigenvalue weighted by Crippen LogP contribution is 2.58. The van der Waals surface area contributed by atoms with Crippen molar-refractivity contribution in [3.05, 3.63) is 47.0 Å². The Balaban J connectivity index is 1.87. The first-order chi connectivity index (χ1) is 8.82. The molecule has 4 rings (SSSR count). The van der Waals surface area contributed by atoms with E-state index < -0.39 is 0 Å². The van der Waals surface area contributed by atoms with E-state index >= 15 is 0 Å². The average molecular weight is 238 g/mol. The average Bonchev–Trinajstić information content (AvgIpc) is 3.00. The number of fused-ring (bicyclic) bond motifs is 5. The van der Waals surface area contributed by atoms with Crippen LogP contribution in [0.15, 0.2) is 30.4 Å². The van der Waals surface area contributed by atoms with Gasteiger partial charge in [-0.05, 0) is 67.1 Å². The Hall–Kier alpha value is -1.04. The second kappa shape index (κ2) is 3.73. The fourth-order valence-electron chi connectivity index (χ4n) is 4.81. The number of aryl methyl sites for hydroxylation is 2. The molecule has 0 aliphatic heterocycles. The van der Waals surface area contributed by atoms with Crippen LogP contribution in [0.25, 0.3) is 0 Å². The van der Waals surface area contributed by atoms with Gasteiger partial charge in [-0.3, -0.25) is 0 Å². The van der Waals surface area contributed by atoms with Crippen LogP contribution >= 0.6 is 0 Å². The van der Waals surface area contributed by atoms with E-state index in [1.165, 1.54) is 44.1 Å². The van der Waals surface area contributed by atoms with Gasteiger partial charge in [0.15, 0.2) is 0 Å². The molecule has 0 nitrogen and oxygen atoms in total. The number of benzene rings is 1. The van der Waals surface area contributed by atoms with Crippen LogP contribution in [0.5, 0.6) is 0 Å². The Morgan fingerprint density at radius 3 is 2.94 bits per heavy atom. The van der Waals surface area contributed by atoms with Crippen LogP contribution in [0.1, 0.15) is 49.3 Å². The Morgan fingerprint density at radius 1 is 1.28 bits per heavy atom. The summed E-state index contributed by atoms with van der Waals surface area (Å²) >= 11 is 0. The summed E-state index contributed by atoms with van der Waals surface area (Å²) in [6.07, 6.45) is 13.2. The molecule has 0 aromatic heterocycles. The zero-order valence-corrected chi connectivity index (χ0v) is 11.3. The highest BCUT2D eigenvalue weighted by Gasteiger charge is 2.50. The quantitative estimate of drug-likeness (QED) is 0.635. The maximum Gasteiger partial charge on any atom is 0.00244 e. The summed E-state index contributed by atoms with van der Waals surface area (Å²) in [5.41, 5.74) is 5.43. The van der Waals surface area contributed by atoms with E-state index in [0.717, 1.165) is 11.8 Å². The molecule has 0 heterocycles. The van der Waals surface area contributed by atoms with Crippen molar-refractivity contribution < 1.29 is 0 Å². The van der Waals surface area contributed by atoms with Gasteiger partial charge >= 0.3 is 0 Å². The third-order valence-corrected chi connectivity index (χ3v) is 5.70. The van der Waals surface area contributed by atoms with E-state index in [9.17, 15) is 0 Å². The third-order valence-electron chi connectivity index (χ3n) is 5.70. The lowest BCUT2D eigenvalue weighted by molar-refractivity contribution is 0.303. The van der Waals surface area contributed by atoms with Crippen molar-refractivity contribution >= 4 is 0 Å². The summed E-state index contributed by atoms with van der Waals surface area (Å²) in [5.74, 6) is 1.72. The maximum absolute atomic E-state index is 2.54.